The van der Waals surface area contributed by atoms with E-state index in [4.69, 9.17) is 21.8 Å². The van der Waals surface area contributed by atoms with Crippen molar-refractivity contribution in [2.24, 2.45) is 22.2 Å². The third kappa shape index (κ3) is 2.89. The monoisotopic (exact) mass is 374 g/mol. The summed E-state index contributed by atoms with van der Waals surface area (Å²) in [6.07, 6.45) is 0. The number of carbonyl (C=O) groups excluding carboxylic acids is 2. The van der Waals surface area contributed by atoms with E-state index in [1.807, 2.05) is 0 Å². The minimum Gasteiger partial charge on any atom is -0.370 e. The van der Waals surface area contributed by atoms with Crippen molar-refractivity contribution < 1.29 is 26.7 Å². The van der Waals surface area contributed by atoms with Gasteiger partial charge in [-0.25, -0.2) is 9.59 Å². The summed E-state index contributed by atoms with van der Waals surface area (Å²) in [5, 5.41) is 6.51. The molecule has 1 aromatic heterocycles. The lowest BCUT2D eigenvalue weighted by Gasteiger charge is -2.28. The summed E-state index contributed by atoms with van der Waals surface area (Å²) in [6, 6.07) is -3.11. The Kier molecular flexibility index (Phi) is 3.68. The third-order valence-corrected chi connectivity index (χ3v) is 4.09. The van der Waals surface area contributed by atoms with Gasteiger partial charge >= 0.3 is 22.5 Å². The first-order chi connectivity index (χ1) is 11.6. The molecule has 2 bridgehead atoms. The average Bonchev–Trinajstić information content (AvgIpc) is 2.98. The molecule has 2 aliphatic heterocycles. The molecule has 3 rings (SSSR count). The van der Waals surface area contributed by atoms with Crippen molar-refractivity contribution in [2.75, 3.05) is 13.1 Å². The molecule has 0 spiro atoms. The Labute approximate surface area is 140 Å². The number of nitrogens with one attached hydrogen (secondary N) is 1. The molecular weight excluding hydrogens is 360 g/mol. The number of aromatic nitrogens is 2. The quantitative estimate of drug-likeness (QED) is 0.211. The van der Waals surface area contributed by atoms with Crippen LogP contribution in [-0.2, 0) is 10.4 Å². The molecule has 1 saturated heterocycles. The molecule has 14 nitrogen and oxygen atoms in total. The van der Waals surface area contributed by atoms with E-state index in [9.17, 15) is 18.0 Å². The Hall–Kier alpha value is -3.07. The SMILES string of the molecule is NC(=O)n1nc2c(c1OS(=O)(=O)O)[C@H]1CN(C(=O)N1)[C@@H]2CN=C(N)N. The lowest BCUT2D eigenvalue weighted by molar-refractivity contribution is 0.195. The number of aliphatic imine (C=N–C) groups is 1. The van der Waals surface area contributed by atoms with Gasteiger partial charge in [0, 0.05) is 6.54 Å². The van der Waals surface area contributed by atoms with Crippen molar-refractivity contribution in [1.82, 2.24) is 20.0 Å². The Morgan fingerprint density at radius 1 is 1.44 bits per heavy atom. The zero-order chi connectivity index (χ0) is 18.5. The van der Waals surface area contributed by atoms with E-state index >= 15 is 0 Å². The van der Waals surface area contributed by atoms with Gasteiger partial charge in [-0.15, -0.1) is 4.68 Å². The first kappa shape index (κ1) is 16.8. The molecule has 2 atom stereocenters. The van der Waals surface area contributed by atoms with Gasteiger partial charge in [0.25, 0.3) is 0 Å². The van der Waals surface area contributed by atoms with Crippen molar-refractivity contribution in [3.63, 3.8) is 0 Å². The molecule has 0 aromatic carbocycles. The maximum absolute atomic E-state index is 12.1. The van der Waals surface area contributed by atoms with Crippen molar-refractivity contribution >= 4 is 28.4 Å². The topological polar surface area (TPSA) is 221 Å². The summed E-state index contributed by atoms with van der Waals surface area (Å²) < 4.78 is 36.1. The van der Waals surface area contributed by atoms with Gasteiger partial charge in [-0.3, -0.25) is 9.55 Å². The van der Waals surface area contributed by atoms with Gasteiger partial charge in [-0.1, -0.05) is 0 Å². The number of hydrogen-bond acceptors (Lipinski definition) is 7. The number of urea groups is 1. The van der Waals surface area contributed by atoms with E-state index in [-0.39, 0.29) is 30.3 Å². The van der Waals surface area contributed by atoms with E-state index in [0.717, 1.165) is 0 Å². The minimum absolute atomic E-state index is 0.0867. The van der Waals surface area contributed by atoms with E-state index in [0.29, 0.717) is 4.68 Å². The minimum atomic E-state index is -4.97. The summed E-state index contributed by atoms with van der Waals surface area (Å²) in [7, 11) is -4.97. The number of fused-ring (bicyclic) bond motifs is 4. The van der Waals surface area contributed by atoms with Gasteiger partial charge in [0.05, 0.1) is 29.9 Å². The molecule has 25 heavy (non-hydrogen) atoms. The second-order valence-corrected chi connectivity index (χ2v) is 6.32. The molecule has 0 unspecified atom stereocenters. The van der Waals surface area contributed by atoms with Crippen molar-refractivity contribution in [1.29, 1.82) is 0 Å². The van der Waals surface area contributed by atoms with Crippen LogP contribution in [0.1, 0.15) is 23.3 Å². The summed E-state index contributed by atoms with van der Waals surface area (Å²) in [5.41, 5.74) is 16.0. The maximum atomic E-state index is 12.1. The molecule has 15 heteroatoms. The molecule has 0 radical (unpaired) electrons. The number of primary amides is 1. The Bertz CT molecular complexity index is 887. The van der Waals surface area contributed by atoms with Gasteiger partial charge in [-0.2, -0.15) is 13.5 Å². The van der Waals surface area contributed by atoms with Gasteiger partial charge < -0.3 is 31.6 Å². The molecule has 1 fully saturated rings. The van der Waals surface area contributed by atoms with Crippen LogP contribution in [0, 0.1) is 0 Å². The zero-order valence-electron chi connectivity index (χ0n) is 12.5. The highest BCUT2D eigenvalue weighted by atomic mass is 32.3. The van der Waals surface area contributed by atoms with Gasteiger partial charge in [0.2, 0.25) is 5.88 Å². The number of amides is 3. The first-order valence-electron chi connectivity index (χ1n) is 6.80. The van der Waals surface area contributed by atoms with Crippen LogP contribution >= 0.6 is 0 Å². The summed E-state index contributed by atoms with van der Waals surface area (Å²) in [4.78, 5) is 28.8. The number of carbonyl (C=O) groups is 2. The van der Waals surface area contributed by atoms with Crippen molar-refractivity contribution in [3.05, 3.63) is 11.3 Å². The second-order valence-electron chi connectivity index (χ2n) is 5.30. The normalized spacial score (nSPS) is 21.5. The molecule has 2 aliphatic rings. The van der Waals surface area contributed by atoms with Gasteiger partial charge in [-0.05, 0) is 0 Å². The Balaban J connectivity index is 2.17. The third-order valence-electron chi connectivity index (χ3n) is 3.72. The summed E-state index contributed by atoms with van der Waals surface area (Å²) >= 11 is 0. The summed E-state index contributed by atoms with van der Waals surface area (Å²) in [6.45, 7) is 0.0410. The molecular formula is C10H14N8O6S. The van der Waals surface area contributed by atoms with Crippen LogP contribution in [-0.4, -0.2) is 58.8 Å². The van der Waals surface area contributed by atoms with Crippen LogP contribution in [0.4, 0.5) is 9.59 Å². The molecule has 0 saturated carbocycles. The van der Waals surface area contributed by atoms with Crippen LogP contribution < -0.4 is 26.7 Å². The number of hydrogen-bond donors (Lipinski definition) is 5. The molecule has 8 N–H and O–H groups in total. The molecule has 136 valence electrons. The zero-order valence-corrected chi connectivity index (χ0v) is 13.3. The van der Waals surface area contributed by atoms with E-state index < -0.39 is 40.4 Å². The highest BCUT2D eigenvalue weighted by Gasteiger charge is 2.47. The highest BCUT2D eigenvalue weighted by molar-refractivity contribution is 7.81. The van der Waals surface area contributed by atoms with Crippen LogP contribution in [0.15, 0.2) is 4.99 Å². The highest BCUT2D eigenvalue weighted by Crippen LogP contribution is 2.43. The number of guanidine groups is 1. The molecule has 3 heterocycles. The number of nitrogens with two attached hydrogens (primary N) is 3. The van der Waals surface area contributed by atoms with Crippen LogP contribution in [0.3, 0.4) is 0 Å². The Morgan fingerprint density at radius 2 is 2.12 bits per heavy atom. The average molecular weight is 374 g/mol. The molecule has 3 amide bonds. The second kappa shape index (κ2) is 5.49. The largest absolute Gasteiger partial charge is 0.448 e. The Morgan fingerprint density at radius 3 is 2.68 bits per heavy atom. The van der Waals surface area contributed by atoms with E-state index in [1.54, 1.807) is 0 Å². The fourth-order valence-corrected chi connectivity index (χ4v) is 3.21. The lowest BCUT2D eigenvalue weighted by Crippen LogP contribution is -2.36. The van der Waals surface area contributed by atoms with Crippen molar-refractivity contribution in [3.8, 4) is 5.88 Å². The predicted octanol–water partition coefficient (Wildman–Crippen LogP) is -2.61. The smallest absolute Gasteiger partial charge is 0.370 e. The van der Waals surface area contributed by atoms with Crippen molar-refractivity contribution in [2.45, 2.75) is 12.1 Å². The van der Waals surface area contributed by atoms with Crippen LogP contribution in [0.25, 0.3) is 0 Å². The van der Waals surface area contributed by atoms with Crippen LogP contribution in [0.2, 0.25) is 0 Å². The number of rotatable bonds is 4. The molecule has 0 aliphatic carbocycles. The van der Waals surface area contributed by atoms with E-state index in [2.05, 4.69) is 19.6 Å². The van der Waals surface area contributed by atoms with Gasteiger partial charge in [0.15, 0.2) is 5.96 Å². The van der Waals surface area contributed by atoms with Crippen LogP contribution in [0.5, 0.6) is 5.88 Å². The standard InChI is InChI=1S/C10H14N8O6S/c11-8(12)14-1-4-6-5(3-2-17(4)10(20)15-3)7(24-25(21,22)23)18(16-6)9(13)19/h3-4H,1-2H2,(H2,13,19)(H,15,20)(H4,11,12,14)(H,21,22,23)/t3-,4-/m1/s1. The fraction of sp³-hybridized carbons (Fsp3) is 0.400. The summed E-state index contributed by atoms with van der Waals surface area (Å²) in [5.74, 6) is -0.835. The number of nitrogens with zero attached hydrogens (tertiary/aromatic N) is 4. The fourth-order valence-electron chi connectivity index (χ4n) is 2.85. The predicted molar refractivity (Wildman–Crippen MR) is 80.8 cm³/mol. The van der Waals surface area contributed by atoms with E-state index in [1.165, 1.54) is 4.90 Å². The molecule has 1 aromatic rings. The first-order valence-corrected chi connectivity index (χ1v) is 8.17. The maximum Gasteiger partial charge on any atom is 0.448 e. The lowest BCUT2D eigenvalue weighted by atomic mass is 9.98. The van der Waals surface area contributed by atoms with Gasteiger partial charge in [0.1, 0.15) is 0 Å².